The average molecular weight is 253 g/mol. The molecule has 2 nitrogen and oxygen atoms in total. The summed E-state index contributed by atoms with van der Waals surface area (Å²) < 4.78 is 1.07. The largest absolute Gasteiger partial charge is 0.295 e. The molecule has 0 aliphatic heterocycles. The lowest BCUT2D eigenvalue weighted by Gasteiger charge is -2.16. The van der Waals surface area contributed by atoms with Gasteiger partial charge in [0.1, 0.15) is 0 Å². The summed E-state index contributed by atoms with van der Waals surface area (Å²) in [6, 6.07) is 10.2. The molecule has 14 heavy (non-hydrogen) atoms. The molecule has 74 valence electrons. The SMILES string of the molecule is CC(C#N)N[C@H](C)c1ccccc1Br. The molecule has 1 N–H and O–H groups in total. The Morgan fingerprint density at radius 1 is 1.36 bits per heavy atom. The van der Waals surface area contributed by atoms with Crippen molar-refractivity contribution in [2.24, 2.45) is 0 Å². The van der Waals surface area contributed by atoms with Gasteiger partial charge in [0, 0.05) is 10.5 Å². The van der Waals surface area contributed by atoms with Gasteiger partial charge in [-0.1, -0.05) is 34.1 Å². The molecule has 1 aromatic rings. The number of rotatable bonds is 3. The first kappa shape index (κ1) is 11.2. The standard InChI is InChI=1S/C11H13BrN2/c1-8(7-13)14-9(2)10-5-3-4-6-11(10)12/h3-6,8-9,14H,1-2H3/t8?,9-/m1/s1. The number of nitrogens with zero attached hydrogens (tertiary/aromatic N) is 1. The third-order valence-corrected chi connectivity index (χ3v) is 2.79. The topological polar surface area (TPSA) is 35.8 Å². The highest BCUT2D eigenvalue weighted by molar-refractivity contribution is 9.10. The van der Waals surface area contributed by atoms with Crippen LogP contribution in [0.3, 0.4) is 0 Å². The van der Waals surface area contributed by atoms with Crippen molar-refractivity contribution in [3.63, 3.8) is 0 Å². The van der Waals surface area contributed by atoms with Gasteiger partial charge in [-0.15, -0.1) is 0 Å². The van der Waals surface area contributed by atoms with Gasteiger partial charge < -0.3 is 0 Å². The minimum Gasteiger partial charge on any atom is -0.295 e. The van der Waals surface area contributed by atoms with Crippen molar-refractivity contribution in [1.82, 2.24) is 5.32 Å². The van der Waals surface area contributed by atoms with E-state index in [4.69, 9.17) is 5.26 Å². The Kier molecular flexibility index (Phi) is 4.12. The second-order valence-corrected chi connectivity index (χ2v) is 4.11. The molecular weight excluding hydrogens is 240 g/mol. The maximum absolute atomic E-state index is 8.68. The van der Waals surface area contributed by atoms with Gasteiger partial charge >= 0.3 is 0 Å². The summed E-state index contributed by atoms with van der Waals surface area (Å²) in [5.41, 5.74) is 1.18. The van der Waals surface area contributed by atoms with E-state index in [0.29, 0.717) is 0 Å². The zero-order chi connectivity index (χ0) is 10.6. The summed E-state index contributed by atoms with van der Waals surface area (Å²) in [7, 11) is 0. The summed E-state index contributed by atoms with van der Waals surface area (Å²) >= 11 is 3.49. The van der Waals surface area contributed by atoms with Crippen LogP contribution in [0, 0.1) is 11.3 Å². The highest BCUT2D eigenvalue weighted by Crippen LogP contribution is 2.22. The molecule has 0 saturated carbocycles. The first-order valence-corrected chi connectivity index (χ1v) is 5.34. The van der Waals surface area contributed by atoms with Crippen LogP contribution in [0.25, 0.3) is 0 Å². The molecular formula is C11H13BrN2. The number of hydrogen-bond donors (Lipinski definition) is 1. The monoisotopic (exact) mass is 252 g/mol. The Labute approximate surface area is 93.1 Å². The van der Waals surface area contributed by atoms with Crippen LogP contribution in [0.4, 0.5) is 0 Å². The predicted octanol–water partition coefficient (Wildman–Crippen LogP) is 3.01. The highest BCUT2D eigenvalue weighted by atomic mass is 79.9. The first-order chi connectivity index (χ1) is 6.65. The van der Waals surface area contributed by atoms with E-state index >= 15 is 0 Å². The molecule has 0 spiro atoms. The van der Waals surface area contributed by atoms with Crippen molar-refractivity contribution >= 4 is 15.9 Å². The summed E-state index contributed by atoms with van der Waals surface area (Å²) in [4.78, 5) is 0. The first-order valence-electron chi connectivity index (χ1n) is 4.55. The lowest BCUT2D eigenvalue weighted by atomic mass is 10.1. The summed E-state index contributed by atoms with van der Waals surface area (Å²) in [6.07, 6.45) is 0. The molecule has 0 aliphatic carbocycles. The number of nitriles is 1. The summed E-state index contributed by atoms with van der Waals surface area (Å²) in [5.74, 6) is 0. The number of hydrogen-bond acceptors (Lipinski definition) is 2. The molecule has 0 fully saturated rings. The van der Waals surface area contributed by atoms with Crippen molar-refractivity contribution < 1.29 is 0 Å². The molecule has 2 atom stereocenters. The van der Waals surface area contributed by atoms with Gasteiger partial charge in [-0.3, -0.25) is 5.32 Å². The molecule has 0 heterocycles. The van der Waals surface area contributed by atoms with Gasteiger partial charge in [-0.2, -0.15) is 5.26 Å². The van der Waals surface area contributed by atoms with Crippen LogP contribution in [0.15, 0.2) is 28.7 Å². The smallest absolute Gasteiger partial charge is 0.0929 e. The quantitative estimate of drug-likeness (QED) is 0.898. The fourth-order valence-corrected chi connectivity index (χ4v) is 1.96. The van der Waals surface area contributed by atoms with Crippen LogP contribution in [0.1, 0.15) is 25.5 Å². The van der Waals surface area contributed by atoms with Gasteiger partial charge in [-0.25, -0.2) is 0 Å². The molecule has 1 unspecified atom stereocenters. The van der Waals surface area contributed by atoms with Crippen LogP contribution < -0.4 is 5.32 Å². The van der Waals surface area contributed by atoms with Crippen molar-refractivity contribution in [1.29, 1.82) is 5.26 Å². The van der Waals surface area contributed by atoms with Gasteiger partial charge in [0.2, 0.25) is 0 Å². The molecule has 1 aromatic carbocycles. The molecule has 1 rings (SSSR count). The average Bonchev–Trinajstić information content (AvgIpc) is 2.18. The fourth-order valence-electron chi connectivity index (χ4n) is 1.33. The Bertz CT molecular complexity index is 343. The fraction of sp³-hybridized carbons (Fsp3) is 0.364. The van der Waals surface area contributed by atoms with Crippen molar-refractivity contribution in [2.75, 3.05) is 0 Å². The van der Waals surface area contributed by atoms with E-state index in [1.807, 2.05) is 38.1 Å². The van der Waals surface area contributed by atoms with Gasteiger partial charge in [0.05, 0.1) is 12.1 Å². The summed E-state index contributed by atoms with van der Waals surface area (Å²) in [6.45, 7) is 3.90. The molecule has 3 heteroatoms. The number of nitrogens with one attached hydrogen (secondary N) is 1. The second-order valence-electron chi connectivity index (χ2n) is 3.26. The molecule has 0 amide bonds. The predicted molar refractivity (Wildman–Crippen MR) is 60.8 cm³/mol. The zero-order valence-corrected chi connectivity index (χ0v) is 9.88. The van der Waals surface area contributed by atoms with Crippen LogP contribution in [-0.4, -0.2) is 6.04 Å². The van der Waals surface area contributed by atoms with E-state index in [-0.39, 0.29) is 12.1 Å². The maximum atomic E-state index is 8.68. The van der Waals surface area contributed by atoms with Crippen LogP contribution in [0.5, 0.6) is 0 Å². The summed E-state index contributed by atoms with van der Waals surface area (Å²) in [5, 5.41) is 11.9. The van der Waals surface area contributed by atoms with E-state index < -0.39 is 0 Å². The lowest BCUT2D eigenvalue weighted by Crippen LogP contribution is -2.27. The Morgan fingerprint density at radius 2 is 2.00 bits per heavy atom. The Morgan fingerprint density at radius 3 is 2.57 bits per heavy atom. The van der Waals surface area contributed by atoms with Crippen molar-refractivity contribution in [3.05, 3.63) is 34.3 Å². The van der Waals surface area contributed by atoms with Crippen LogP contribution in [-0.2, 0) is 0 Å². The van der Waals surface area contributed by atoms with Crippen LogP contribution >= 0.6 is 15.9 Å². The Hall–Kier alpha value is -0.850. The van der Waals surface area contributed by atoms with E-state index in [1.54, 1.807) is 0 Å². The van der Waals surface area contributed by atoms with E-state index in [0.717, 1.165) is 4.47 Å². The van der Waals surface area contributed by atoms with Crippen molar-refractivity contribution in [2.45, 2.75) is 25.9 Å². The van der Waals surface area contributed by atoms with Crippen LogP contribution in [0.2, 0.25) is 0 Å². The zero-order valence-electron chi connectivity index (χ0n) is 8.29. The molecule has 0 radical (unpaired) electrons. The minimum absolute atomic E-state index is 0.128. The van der Waals surface area contributed by atoms with E-state index in [2.05, 4.69) is 27.3 Å². The van der Waals surface area contributed by atoms with Gasteiger partial charge in [-0.05, 0) is 25.5 Å². The highest BCUT2D eigenvalue weighted by Gasteiger charge is 2.10. The molecule has 0 aromatic heterocycles. The molecule has 0 aliphatic rings. The third-order valence-electron chi connectivity index (χ3n) is 2.07. The minimum atomic E-state index is -0.128. The van der Waals surface area contributed by atoms with E-state index in [1.165, 1.54) is 5.56 Å². The maximum Gasteiger partial charge on any atom is 0.0929 e. The molecule has 0 bridgehead atoms. The second kappa shape index (κ2) is 5.14. The van der Waals surface area contributed by atoms with Crippen molar-refractivity contribution in [3.8, 4) is 6.07 Å². The van der Waals surface area contributed by atoms with E-state index in [9.17, 15) is 0 Å². The van der Waals surface area contributed by atoms with Gasteiger partial charge in [0.15, 0.2) is 0 Å². The Balaban J connectivity index is 2.75. The third kappa shape index (κ3) is 2.83. The van der Waals surface area contributed by atoms with Gasteiger partial charge in [0.25, 0.3) is 0 Å². The number of halogens is 1. The normalized spacial score (nSPS) is 14.4. The lowest BCUT2D eigenvalue weighted by molar-refractivity contribution is 0.541. The molecule has 0 saturated heterocycles. The number of benzene rings is 1.